The number of nitrogens with one attached hydrogen (secondary N) is 2. The summed E-state index contributed by atoms with van der Waals surface area (Å²) >= 11 is 0. The molecule has 1 atom stereocenters. The first-order valence-electron chi connectivity index (χ1n) is 6.73. The van der Waals surface area contributed by atoms with Crippen molar-refractivity contribution in [1.82, 2.24) is 10.6 Å². The van der Waals surface area contributed by atoms with Crippen LogP contribution in [0.5, 0.6) is 0 Å². The minimum Gasteiger partial charge on any atom is -0.356 e. The predicted octanol–water partition coefficient (Wildman–Crippen LogP) is 2.09. The van der Waals surface area contributed by atoms with Gasteiger partial charge in [-0.15, -0.1) is 0 Å². The maximum atomic E-state index is 11.6. The highest BCUT2D eigenvalue weighted by Gasteiger charge is 2.20. The third-order valence-electron chi connectivity index (χ3n) is 2.66. The predicted molar refractivity (Wildman–Crippen MR) is 74.1 cm³/mol. The van der Waals surface area contributed by atoms with Gasteiger partial charge in [0.2, 0.25) is 11.8 Å². The van der Waals surface area contributed by atoms with Crippen molar-refractivity contribution >= 4 is 11.8 Å². The van der Waals surface area contributed by atoms with Crippen LogP contribution in [0.1, 0.15) is 54.4 Å². The van der Waals surface area contributed by atoms with E-state index in [1.807, 2.05) is 41.5 Å². The van der Waals surface area contributed by atoms with Crippen LogP contribution in [0.2, 0.25) is 0 Å². The first kappa shape index (κ1) is 16.9. The standard InChI is InChI=1S/C14H28N2O2/c1-10(2)16-12(17)11(3)8-7-9-15-13(18)14(4,5)6/h10-11H,7-9H2,1-6H3,(H,15,18)(H,16,17). The molecule has 0 aromatic carbocycles. The summed E-state index contributed by atoms with van der Waals surface area (Å²) in [5.74, 6) is 0.146. The lowest BCUT2D eigenvalue weighted by molar-refractivity contribution is -0.128. The van der Waals surface area contributed by atoms with E-state index in [0.29, 0.717) is 6.54 Å². The molecule has 0 aliphatic rings. The first-order valence-corrected chi connectivity index (χ1v) is 6.73. The van der Waals surface area contributed by atoms with Crippen LogP contribution in [0.15, 0.2) is 0 Å². The second kappa shape index (κ2) is 7.39. The molecule has 0 fully saturated rings. The molecular formula is C14H28N2O2. The molecule has 0 aromatic heterocycles. The van der Waals surface area contributed by atoms with Crippen LogP contribution in [-0.4, -0.2) is 24.4 Å². The maximum Gasteiger partial charge on any atom is 0.225 e. The van der Waals surface area contributed by atoms with Crippen LogP contribution in [0.25, 0.3) is 0 Å². The molecule has 0 radical (unpaired) electrons. The lowest BCUT2D eigenvalue weighted by atomic mass is 9.95. The fraction of sp³-hybridized carbons (Fsp3) is 0.857. The zero-order chi connectivity index (χ0) is 14.3. The Bertz CT molecular complexity index is 280. The van der Waals surface area contributed by atoms with Crippen molar-refractivity contribution in [3.8, 4) is 0 Å². The van der Waals surface area contributed by atoms with Gasteiger partial charge in [0.25, 0.3) is 0 Å². The number of carbonyl (C=O) groups excluding carboxylic acids is 2. The number of hydrogen-bond acceptors (Lipinski definition) is 2. The molecule has 106 valence electrons. The van der Waals surface area contributed by atoms with Gasteiger partial charge in [-0.2, -0.15) is 0 Å². The monoisotopic (exact) mass is 256 g/mol. The highest BCUT2D eigenvalue weighted by atomic mass is 16.2. The summed E-state index contributed by atoms with van der Waals surface area (Å²) in [6.45, 7) is 12.1. The Morgan fingerprint density at radius 2 is 1.67 bits per heavy atom. The van der Waals surface area contributed by atoms with Crippen molar-refractivity contribution in [2.24, 2.45) is 11.3 Å². The van der Waals surface area contributed by atoms with E-state index in [2.05, 4.69) is 10.6 Å². The molecule has 18 heavy (non-hydrogen) atoms. The fourth-order valence-corrected chi connectivity index (χ4v) is 1.43. The third-order valence-corrected chi connectivity index (χ3v) is 2.66. The molecule has 2 N–H and O–H groups in total. The minimum atomic E-state index is -0.347. The zero-order valence-corrected chi connectivity index (χ0v) is 12.6. The summed E-state index contributed by atoms with van der Waals surface area (Å²) in [4.78, 5) is 23.2. The number of rotatable bonds is 6. The molecule has 1 unspecified atom stereocenters. The van der Waals surface area contributed by atoms with Crippen LogP contribution >= 0.6 is 0 Å². The van der Waals surface area contributed by atoms with Crippen molar-refractivity contribution in [1.29, 1.82) is 0 Å². The molecule has 0 saturated heterocycles. The van der Waals surface area contributed by atoms with Crippen molar-refractivity contribution in [3.63, 3.8) is 0 Å². The van der Waals surface area contributed by atoms with Crippen molar-refractivity contribution in [3.05, 3.63) is 0 Å². The van der Waals surface area contributed by atoms with Crippen molar-refractivity contribution < 1.29 is 9.59 Å². The average Bonchev–Trinajstić information content (AvgIpc) is 2.21. The summed E-state index contributed by atoms with van der Waals surface area (Å²) < 4.78 is 0. The molecule has 0 aromatic rings. The quantitative estimate of drug-likeness (QED) is 0.715. The Morgan fingerprint density at radius 1 is 1.11 bits per heavy atom. The summed E-state index contributed by atoms with van der Waals surface area (Å²) in [5.41, 5.74) is -0.347. The average molecular weight is 256 g/mol. The van der Waals surface area contributed by atoms with Crippen LogP contribution in [0.4, 0.5) is 0 Å². The summed E-state index contributed by atoms with van der Waals surface area (Å²) in [6.07, 6.45) is 1.62. The molecule has 0 aliphatic carbocycles. The molecule has 0 spiro atoms. The first-order chi connectivity index (χ1) is 8.14. The third kappa shape index (κ3) is 7.30. The van der Waals surface area contributed by atoms with Gasteiger partial charge >= 0.3 is 0 Å². The fourth-order valence-electron chi connectivity index (χ4n) is 1.43. The van der Waals surface area contributed by atoms with E-state index in [1.54, 1.807) is 0 Å². The van der Waals surface area contributed by atoms with E-state index in [4.69, 9.17) is 0 Å². The van der Waals surface area contributed by atoms with Gasteiger partial charge in [0.1, 0.15) is 0 Å². The van der Waals surface area contributed by atoms with Crippen LogP contribution < -0.4 is 10.6 Å². The van der Waals surface area contributed by atoms with Gasteiger partial charge in [-0.3, -0.25) is 9.59 Å². The van der Waals surface area contributed by atoms with Gasteiger partial charge in [-0.05, 0) is 26.7 Å². The van der Waals surface area contributed by atoms with Crippen LogP contribution in [-0.2, 0) is 9.59 Å². The SMILES string of the molecule is CC(C)NC(=O)C(C)CCCNC(=O)C(C)(C)C. The van der Waals surface area contributed by atoms with E-state index < -0.39 is 0 Å². The normalized spacial score (nSPS) is 13.3. The van der Waals surface area contributed by atoms with Crippen LogP contribution in [0.3, 0.4) is 0 Å². The number of carbonyl (C=O) groups is 2. The molecule has 0 heterocycles. The highest BCUT2D eigenvalue weighted by Crippen LogP contribution is 2.12. The van der Waals surface area contributed by atoms with Gasteiger partial charge in [0.05, 0.1) is 0 Å². The molecule has 4 nitrogen and oxygen atoms in total. The number of amides is 2. The molecule has 4 heteroatoms. The second-order valence-corrected chi connectivity index (χ2v) is 6.21. The second-order valence-electron chi connectivity index (χ2n) is 6.21. The van der Waals surface area contributed by atoms with Gasteiger partial charge in [-0.1, -0.05) is 27.7 Å². The summed E-state index contributed by atoms with van der Waals surface area (Å²) in [6, 6.07) is 0.181. The van der Waals surface area contributed by atoms with E-state index in [0.717, 1.165) is 12.8 Å². The zero-order valence-electron chi connectivity index (χ0n) is 12.6. The van der Waals surface area contributed by atoms with Gasteiger partial charge < -0.3 is 10.6 Å². The lowest BCUT2D eigenvalue weighted by Crippen LogP contribution is -2.36. The number of hydrogen-bond donors (Lipinski definition) is 2. The van der Waals surface area contributed by atoms with Crippen molar-refractivity contribution in [2.75, 3.05) is 6.54 Å². The maximum absolute atomic E-state index is 11.6. The van der Waals surface area contributed by atoms with E-state index in [9.17, 15) is 9.59 Å². The Hall–Kier alpha value is -1.06. The molecule has 0 saturated carbocycles. The Morgan fingerprint density at radius 3 is 2.11 bits per heavy atom. The largest absolute Gasteiger partial charge is 0.356 e. The van der Waals surface area contributed by atoms with Crippen LogP contribution in [0, 0.1) is 11.3 Å². The highest BCUT2D eigenvalue weighted by molar-refractivity contribution is 5.81. The summed E-state index contributed by atoms with van der Waals surface area (Å²) in [5, 5.41) is 5.78. The molecule has 2 amide bonds. The van der Waals surface area contributed by atoms with Gasteiger partial charge in [0.15, 0.2) is 0 Å². The molecule has 0 aliphatic heterocycles. The minimum absolute atomic E-state index is 0.000983. The molecular weight excluding hydrogens is 228 g/mol. The smallest absolute Gasteiger partial charge is 0.225 e. The van der Waals surface area contributed by atoms with E-state index >= 15 is 0 Å². The Labute approximate surface area is 111 Å². The van der Waals surface area contributed by atoms with Gasteiger partial charge in [-0.25, -0.2) is 0 Å². The Kier molecular flexibility index (Phi) is 6.96. The van der Waals surface area contributed by atoms with Crippen molar-refractivity contribution in [2.45, 2.75) is 60.4 Å². The Balaban J connectivity index is 3.79. The van der Waals surface area contributed by atoms with E-state index in [-0.39, 0.29) is 29.2 Å². The summed E-state index contributed by atoms with van der Waals surface area (Å²) in [7, 11) is 0. The molecule has 0 bridgehead atoms. The molecule has 0 rings (SSSR count). The van der Waals surface area contributed by atoms with E-state index in [1.165, 1.54) is 0 Å². The van der Waals surface area contributed by atoms with Gasteiger partial charge in [0, 0.05) is 23.9 Å². The topological polar surface area (TPSA) is 58.2 Å². The lowest BCUT2D eigenvalue weighted by Gasteiger charge is -2.18.